The molecule has 3 rings (SSSR count). The van der Waals surface area contributed by atoms with Crippen LogP contribution in [0.4, 0.5) is 43.8 Å². The van der Waals surface area contributed by atoms with Gasteiger partial charge in [-0.05, 0) is 30.2 Å². The summed E-state index contributed by atoms with van der Waals surface area (Å²) in [7, 11) is 0. The maximum Gasteiger partial charge on any atom is 0.573 e. The van der Waals surface area contributed by atoms with E-state index in [9.17, 15) is 31.4 Å². The second-order valence-corrected chi connectivity index (χ2v) is 7.88. The predicted octanol–water partition coefficient (Wildman–Crippen LogP) is 6.23. The van der Waals surface area contributed by atoms with E-state index < -0.39 is 29.9 Å². The largest absolute Gasteiger partial charge is 0.573 e. The Balaban J connectivity index is 2.06. The van der Waals surface area contributed by atoms with Crippen molar-refractivity contribution in [2.75, 3.05) is 17.2 Å². The first-order valence-corrected chi connectivity index (χ1v) is 10.4. The fraction of sp³-hybridized carbons (Fsp3) is 0.304. The molecule has 0 radical (unpaired) electrons. The molecule has 3 aromatic rings. The summed E-state index contributed by atoms with van der Waals surface area (Å²) < 4.78 is 82.2. The monoisotopic (exact) mass is 500 g/mol. The third kappa shape index (κ3) is 7.22. The van der Waals surface area contributed by atoms with Gasteiger partial charge in [0.05, 0.1) is 29.6 Å². The highest BCUT2D eigenvalue weighted by Gasteiger charge is 2.33. The van der Waals surface area contributed by atoms with E-state index in [0.29, 0.717) is 0 Å². The molecular weight excluding hydrogens is 478 g/mol. The summed E-state index contributed by atoms with van der Waals surface area (Å²) in [5, 5.41) is 15.2. The number of benzene rings is 2. The van der Waals surface area contributed by atoms with Crippen LogP contribution in [0, 0.1) is 5.92 Å². The van der Waals surface area contributed by atoms with Crippen molar-refractivity contribution in [2.24, 2.45) is 5.92 Å². The third-order valence-corrected chi connectivity index (χ3v) is 4.90. The molecule has 0 fully saturated rings. The van der Waals surface area contributed by atoms with Gasteiger partial charge in [0.25, 0.3) is 0 Å². The molecule has 0 saturated heterocycles. The summed E-state index contributed by atoms with van der Waals surface area (Å²) in [6, 6.07) is 10.6. The van der Waals surface area contributed by atoms with Crippen molar-refractivity contribution in [1.82, 2.24) is 9.97 Å². The zero-order valence-electron chi connectivity index (χ0n) is 18.6. The number of ether oxygens (including phenoxy) is 1. The Labute approximate surface area is 197 Å². The molecule has 0 unspecified atom stereocenters. The smallest absolute Gasteiger partial charge is 0.406 e. The summed E-state index contributed by atoms with van der Waals surface area (Å²) in [5.74, 6) is -0.630. The lowest BCUT2D eigenvalue weighted by atomic mass is 10.1. The van der Waals surface area contributed by atoms with Crippen LogP contribution in [-0.4, -0.2) is 34.1 Å². The molecule has 188 valence electrons. The number of hydrogen-bond acceptors (Lipinski definition) is 6. The summed E-state index contributed by atoms with van der Waals surface area (Å²) in [6.45, 7) is 3.38. The number of nitrogens with zero attached hydrogens (tertiary/aromatic N) is 2. The number of aliphatic hydroxyl groups is 1. The second-order valence-electron chi connectivity index (χ2n) is 7.88. The van der Waals surface area contributed by atoms with Gasteiger partial charge in [-0.15, -0.1) is 13.2 Å². The molecule has 1 aromatic heterocycles. The maximum atomic E-state index is 13.4. The van der Waals surface area contributed by atoms with Crippen LogP contribution in [-0.2, 0) is 6.18 Å². The second kappa shape index (κ2) is 10.4. The van der Waals surface area contributed by atoms with Crippen LogP contribution in [0.15, 0.2) is 54.6 Å². The van der Waals surface area contributed by atoms with Crippen LogP contribution in [0.3, 0.4) is 0 Å². The summed E-state index contributed by atoms with van der Waals surface area (Å²) >= 11 is 0. The quantitative estimate of drug-likeness (QED) is 0.318. The van der Waals surface area contributed by atoms with Crippen molar-refractivity contribution in [2.45, 2.75) is 32.4 Å². The Morgan fingerprint density at radius 1 is 0.943 bits per heavy atom. The highest BCUT2D eigenvalue weighted by molar-refractivity contribution is 5.69. The topological polar surface area (TPSA) is 79.3 Å². The molecular formula is C23H22F6N4O2. The molecule has 0 bridgehead atoms. The molecule has 1 heterocycles. The van der Waals surface area contributed by atoms with Crippen LogP contribution < -0.4 is 15.4 Å². The van der Waals surface area contributed by atoms with Crippen molar-refractivity contribution in [3.05, 3.63) is 60.2 Å². The van der Waals surface area contributed by atoms with Crippen molar-refractivity contribution in [3.63, 3.8) is 0 Å². The van der Waals surface area contributed by atoms with Crippen LogP contribution >= 0.6 is 0 Å². The molecule has 35 heavy (non-hydrogen) atoms. The van der Waals surface area contributed by atoms with E-state index in [0.717, 1.165) is 18.2 Å². The summed E-state index contributed by atoms with van der Waals surface area (Å²) in [6.07, 6.45) is -9.54. The summed E-state index contributed by atoms with van der Waals surface area (Å²) in [4.78, 5) is 8.50. The van der Waals surface area contributed by atoms with Gasteiger partial charge in [-0.25, -0.2) is 4.98 Å². The number of aliphatic hydroxyl groups excluding tert-OH is 1. The molecule has 1 atom stereocenters. The highest BCUT2D eigenvalue weighted by Crippen LogP contribution is 2.36. The van der Waals surface area contributed by atoms with Crippen molar-refractivity contribution >= 4 is 17.5 Å². The number of aromatic nitrogens is 2. The van der Waals surface area contributed by atoms with Gasteiger partial charge < -0.3 is 20.5 Å². The number of para-hydroxylation sites is 1. The average Bonchev–Trinajstić information content (AvgIpc) is 2.76. The molecule has 0 aliphatic heterocycles. The van der Waals surface area contributed by atoms with E-state index in [4.69, 9.17) is 0 Å². The van der Waals surface area contributed by atoms with Crippen LogP contribution in [0.5, 0.6) is 5.75 Å². The van der Waals surface area contributed by atoms with E-state index in [2.05, 4.69) is 25.3 Å². The number of halogens is 6. The van der Waals surface area contributed by atoms with Gasteiger partial charge >= 0.3 is 12.5 Å². The molecule has 0 aliphatic rings. The first-order valence-electron chi connectivity index (χ1n) is 10.4. The SMILES string of the molecule is CC(C)[C@@H](CO)Nc1nc(Nc2ccccc2C(F)(F)F)cc(-c2cccc(OC(F)(F)F)c2)n1. The highest BCUT2D eigenvalue weighted by atomic mass is 19.4. The molecule has 12 heteroatoms. The molecule has 0 spiro atoms. The maximum absolute atomic E-state index is 13.4. The molecule has 2 aromatic carbocycles. The Bertz CT molecular complexity index is 1150. The van der Waals surface area contributed by atoms with Gasteiger partial charge in [0.15, 0.2) is 0 Å². The van der Waals surface area contributed by atoms with Gasteiger partial charge in [0, 0.05) is 11.6 Å². The number of hydrogen-bond donors (Lipinski definition) is 3. The first kappa shape index (κ1) is 26.1. The average molecular weight is 500 g/mol. The van der Waals surface area contributed by atoms with Crippen LogP contribution in [0.25, 0.3) is 11.3 Å². The van der Waals surface area contributed by atoms with Crippen molar-refractivity contribution in [3.8, 4) is 17.0 Å². The minimum atomic E-state index is -4.91. The zero-order valence-corrected chi connectivity index (χ0v) is 18.6. The Morgan fingerprint density at radius 2 is 1.66 bits per heavy atom. The minimum absolute atomic E-state index is 0.0376. The summed E-state index contributed by atoms with van der Waals surface area (Å²) in [5.41, 5.74) is -0.880. The van der Waals surface area contributed by atoms with Gasteiger partial charge in [-0.1, -0.05) is 38.1 Å². The van der Waals surface area contributed by atoms with E-state index in [1.165, 1.54) is 36.4 Å². The number of anilines is 3. The van der Waals surface area contributed by atoms with Crippen LogP contribution in [0.2, 0.25) is 0 Å². The lowest BCUT2D eigenvalue weighted by molar-refractivity contribution is -0.274. The van der Waals surface area contributed by atoms with Gasteiger partial charge in [-0.3, -0.25) is 0 Å². The zero-order chi connectivity index (χ0) is 25.8. The van der Waals surface area contributed by atoms with Crippen molar-refractivity contribution in [1.29, 1.82) is 0 Å². The predicted molar refractivity (Wildman–Crippen MR) is 118 cm³/mol. The van der Waals surface area contributed by atoms with Gasteiger partial charge in [-0.2, -0.15) is 18.2 Å². The number of rotatable bonds is 8. The van der Waals surface area contributed by atoms with E-state index in [-0.39, 0.29) is 41.2 Å². The first-order chi connectivity index (χ1) is 16.4. The van der Waals surface area contributed by atoms with Crippen molar-refractivity contribution < 1.29 is 36.2 Å². The number of alkyl halides is 6. The van der Waals surface area contributed by atoms with Gasteiger partial charge in [0.2, 0.25) is 5.95 Å². The third-order valence-electron chi connectivity index (χ3n) is 4.90. The minimum Gasteiger partial charge on any atom is -0.406 e. The standard InChI is InChI=1S/C23H22F6N4O2/c1-13(2)19(12-34)32-21-31-18(14-6-5-7-15(10-14)35-23(27,28)29)11-20(33-21)30-17-9-4-3-8-16(17)22(24,25)26/h3-11,13,19,34H,12H2,1-2H3,(H2,30,31,32,33)/t19-/m1/s1. The van der Waals surface area contributed by atoms with Crippen LogP contribution in [0.1, 0.15) is 19.4 Å². The lowest BCUT2D eigenvalue weighted by Crippen LogP contribution is -2.30. The molecule has 3 N–H and O–H groups in total. The Kier molecular flexibility index (Phi) is 7.73. The lowest BCUT2D eigenvalue weighted by Gasteiger charge is -2.21. The van der Waals surface area contributed by atoms with Gasteiger partial charge in [0.1, 0.15) is 11.6 Å². The van der Waals surface area contributed by atoms with E-state index in [1.54, 1.807) is 0 Å². The molecule has 0 saturated carbocycles. The van der Waals surface area contributed by atoms with E-state index >= 15 is 0 Å². The fourth-order valence-electron chi connectivity index (χ4n) is 3.14. The fourth-order valence-corrected chi connectivity index (χ4v) is 3.14. The Hall–Kier alpha value is -3.54. The number of nitrogens with one attached hydrogen (secondary N) is 2. The molecule has 6 nitrogen and oxygen atoms in total. The molecule has 0 amide bonds. The normalized spacial score (nSPS) is 13.0. The Morgan fingerprint density at radius 3 is 2.29 bits per heavy atom. The molecule has 0 aliphatic carbocycles. The van der Waals surface area contributed by atoms with E-state index in [1.807, 2.05) is 13.8 Å².